The van der Waals surface area contributed by atoms with Crippen molar-refractivity contribution in [2.24, 2.45) is 0 Å². The standard InChI is InChI=1S/C29H21Cl2NO4S/c1-35-25-14-18(13-24(31)27(25)36-17-21-8-3-5-12-23(21)30)15-26-28(33)32(29(34)37-26)16-20-10-6-9-19-7-2-4-11-22(19)20/h2-15H,16-17H2,1H3/b26-15-. The minimum absolute atomic E-state index is 0.197. The van der Waals surface area contributed by atoms with Gasteiger partial charge < -0.3 is 9.47 Å². The maximum atomic E-state index is 13.2. The summed E-state index contributed by atoms with van der Waals surface area (Å²) in [6.45, 7) is 0.407. The summed E-state index contributed by atoms with van der Waals surface area (Å²) in [5, 5.41) is 2.65. The fourth-order valence-corrected chi connectivity index (χ4v) is 5.42. The molecule has 0 bridgehead atoms. The molecule has 37 heavy (non-hydrogen) atoms. The van der Waals surface area contributed by atoms with E-state index in [0.29, 0.717) is 32.0 Å². The first-order valence-corrected chi connectivity index (χ1v) is 13.0. The van der Waals surface area contributed by atoms with Crippen molar-refractivity contribution in [1.82, 2.24) is 4.90 Å². The SMILES string of the molecule is COc1cc(/C=C2\SC(=O)N(Cc3cccc4ccccc34)C2=O)cc(Cl)c1OCc1ccccc1Cl. The van der Waals surface area contributed by atoms with E-state index in [-0.39, 0.29) is 24.3 Å². The minimum Gasteiger partial charge on any atom is -0.493 e. The van der Waals surface area contributed by atoms with Crippen LogP contribution in [0.25, 0.3) is 16.8 Å². The van der Waals surface area contributed by atoms with E-state index < -0.39 is 0 Å². The first kappa shape index (κ1) is 25.2. The highest BCUT2D eigenvalue weighted by Gasteiger charge is 2.35. The van der Waals surface area contributed by atoms with Crippen molar-refractivity contribution in [2.45, 2.75) is 13.2 Å². The number of benzene rings is 4. The van der Waals surface area contributed by atoms with Gasteiger partial charge in [0.2, 0.25) is 0 Å². The van der Waals surface area contributed by atoms with Crippen LogP contribution in [0.3, 0.4) is 0 Å². The number of carbonyl (C=O) groups excluding carboxylic acids is 2. The molecule has 0 aromatic heterocycles. The Morgan fingerprint density at radius 3 is 2.43 bits per heavy atom. The highest BCUT2D eigenvalue weighted by Crippen LogP contribution is 2.40. The van der Waals surface area contributed by atoms with Gasteiger partial charge in [-0.05, 0) is 57.9 Å². The monoisotopic (exact) mass is 549 g/mol. The molecule has 0 radical (unpaired) electrons. The Hall–Kier alpha value is -3.45. The molecule has 5 nitrogen and oxygen atoms in total. The van der Waals surface area contributed by atoms with E-state index >= 15 is 0 Å². The summed E-state index contributed by atoms with van der Waals surface area (Å²) in [7, 11) is 1.51. The molecule has 0 N–H and O–H groups in total. The third-order valence-electron chi connectivity index (χ3n) is 5.96. The van der Waals surface area contributed by atoms with E-state index in [2.05, 4.69) is 0 Å². The van der Waals surface area contributed by atoms with Crippen molar-refractivity contribution in [1.29, 1.82) is 0 Å². The lowest BCUT2D eigenvalue weighted by Crippen LogP contribution is -2.27. The summed E-state index contributed by atoms with van der Waals surface area (Å²) >= 11 is 13.7. The first-order chi connectivity index (χ1) is 17.9. The van der Waals surface area contributed by atoms with Gasteiger partial charge in [0.15, 0.2) is 11.5 Å². The van der Waals surface area contributed by atoms with Gasteiger partial charge in [-0.3, -0.25) is 14.5 Å². The molecular weight excluding hydrogens is 529 g/mol. The summed E-state index contributed by atoms with van der Waals surface area (Å²) in [6, 6.07) is 24.5. The summed E-state index contributed by atoms with van der Waals surface area (Å²) in [5.74, 6) is 0.420. The molecule has 1 saturated heterocycles. The van der Waals surface area contributed by atoms with Crippen molar-refractivity contribution in [3.8, 4) is 11.5 Å². The summed E-state index contributed by atoms with van der Waals surface area (Å²) in [5.41, 5.74) is 2.33. The lowest BCUT2D eigenvalue weighted by atomic mass is 10.0. The molecule has 1 heterocycles. The largest absolute Gasteiger partial charge is 0.493 e. The molecule has 0 spiro atoms. The van der Waals surface area contributed by atoms with Crippen LogP contribution in [-0.4, -0.2) is 23.2 Å². The summed E-state index contributed by atoms with van der Waals surface area (Å²) in [4.78, 5) is 27.5. The van der Waals surface area contributed by atoms with Crippen LogP contribution in [0.4, 0.5) is 4.79 Å². The average molecular weight is 550 g/mol. The second-order valence-corrected chi connectivity index (χ2v) is 10.1. The highest BCUT2D eigenvalue weighted by atomic mass is 35.5. The Balaban J connectivity index is 1.37. The molecule has 186 valence electrons. The highest BCUT2D eigenvalue weighted by molar-refractivity contribution is 8.18. The van der Waals surface area contributed by atoms with Gasteiger partial charge in [0.05, 0.1) is 23.6 Å². The summed E-state index contributed by atoms with van der Waals surface area (Å²) < 4.78 is 11.4. The molecular formula is C29H21Cl2NO4S. The Morgan fingerprint density at radius 1 is 0.892 bits per heavy atom. The number of carbonyl (C=O) groups is 2. The van der Waals surface area contributed by atoms with E-state index in [9.17, 15) is 9.59 Å². The van der Waals surface area contributed by atoms with Crippen molar-refractivity contribution in [3.05, 3.63) is 111 Å². The van der Waals surface area contributed by atoms with Crippen LogP contribution in [0.2, 0.25) is 10.0 Å². The third-order valence-corrected chi connectivity index (χ3v) is 7.52. The molecule has 1 fully saturated rings. The van der Waals surface area contributed by atoms with Crippen molar-refractivity contribution < 1.29 is 19.1 Å². The number of hydrogen-bond acceptors (Lipinski definition) is 5. The van der Waals surface area contributed by atoms with E-state index in [0.717, 1.165) is 33.7 Å². The molecule has 2 amide bonds. The number of halogens is 2. The van der Waals surface area contributed by atoms with Gasteiger partial charge in [0, 0.05) is 10.6 Å². The lowest BCUT2D eigenvalue weighted by molar-refractivity contribution is -0.123. The number of imide groups is 1. The van der Waals surface area contributed by atoms with E-state index in [4.69, 9.17) is 32.7 Å². The fourth-order valence-electron chi connectivity index (χ4n) is 4.12. The number of amides is 2. The van der Waals surface area contributed by atoms with E-state index in [1.165, 1.54) is 12.0 Å². The number of hydrogen-bond donors (Lipinski definition) is 0. The topological polar surface area (TPSA) is 55.8 Å². The van der Waals surface area contributed by atoms with Gasteiger partial charge >= 0.3 is 0 Å². The van der Waals surface area contributed by atoms with Gasteiger partial charge in [-0.1, -0.05) is 83.9 Å². The molecule has 5 rings (SSSR count). The number of fused-ring (bicyclic) bond motifs is 1. The van der Waals surface area contributed by atoms with Crippen LogP contribution in [0.5, 0.6) is 11.5 Å². The molecule has 0 atom stereocenters. The number of methoxy groups -OCH3 is 1. The Bertz CT molecular complexity index is 1550. The third kappa shape index (κ3) is 5.32. The van der Waals surface area contributed by atoms with Crippen LogP contribution in [-0.2, 0) is 17.9 Å². The fraction of sp³-hybridized carbons (Fsp3) is 0.103. The second kappa shape index (κ2) is 10.9. The van der Waals surface area contributed by atoms with Gasteiger partial charge in [-0.25, -0.2) is 0 Å². The zero-order valence-electron chi connectivity index (χ0n) is 19.7. The smallest absolute Gasteiger partial charge is 0.293 e. The predicted octanol–water partition coefficient (Wildman–Crippen LogP) is 7.97. The van der Waals surface area contributed by atoms with Gasteiger partial charge in [-0.15, -0.1) is 0 Å². The van der Waals surface area contributed by atoms with Gasteiger partial charge in [0.1, 0.15) is 6.61 Å². The zero-order valence-corrected chi connectivity index (χ0v) is 22.1. The van der Waals surface area contributed by atoms with Crippen LogP contribution < -0.4 is 9.47 Å². The normalized spacial score (nSPS) is 14.6. The van der Waals surface area contributed by atoms with Crippen molar-refractivity contribution in [3.63, 3.8) is 0 Å². The van der Waals surface area contributed by atoms with E-state index in [1.807, 2.05) is 60.7 Å². The number of nitrogens with zero attached hydrogens (tertiary/aromatic N) is 1. The minimum atomic E-state index is -0.350. The first-order valence-electron chi connectivity index (χ1n) is 11.4. The molecule has 1 aliphatic rings. The van der Waals surface area contributed by atoms with Crippen molar-refractivity contribution >= 4 is 63.0 Å². The van der Waals surface area contributed by atoms with Gasteiger partial charge in [-0.2, -0.15) is 0 Å². The Morgan fingerprint density at radius 2 is 1.62 bits per heavy atom. The maximum absolute atomic E-state index is 13.2. The number of rotatable bonds is 7. The molecule has 0 unspecified atom stereocenters. The molecule has 0 aliphatic carbocycles. The lowest BCUT2D eigenvalue weighted by Gasteiger charge is -2.15. The summed E-state index contributed by atoms with van der Waals surface area (Å²) in [6.07, 6.45) is 1.64. The van der Waals surface area contributed by atoms with Crippen LogP contribution in [0.1, 0.15) is 16.7 Å². The molecule has 0 saturated carbocycles. The molecule has 1 aliphatic heterocycles. The molecule has 4 aromatic carbocycles. The number of thioether (sulfide) groups is 1. The second-order valence-electron chi connectivity index (χ2n) is 8.32. The maximum Gasteiger partial charge on any atom is 0.293 e. The Kier molecular flexibility index (Phi) is 7.42. The predicted molar refractivity (Wildman–Crippen MR) is 149 cm³/mol. The molecule has 4 aromatic rings. The zero-order chi connectivity index (χ0) is 25.9. The van der Waals surface area contributed by atoms with Crippen LogP contribution in [0, 0.1) is 0 Å². The van der Waals surface area contributed by atoms with Crippen molar-refractivity contribution in [2.75, 3.05) is 7.11 Å². The van der Waals surface area contributed by atoms with E-state index in [1.54, 1.807) is 24.3 Å². The van der Waals surface area contributed by atoms with Gasteiger partial charge in [0.25, 0.3) is 11.1 Å². The quantitative estimate of drug-likeness (QED) is 0.219. The molecule has 8 heteroatoms. The Labute approximate surface area is 228 Å². The average Bonchev–Trinajstić information content (AvgIpc) is 3.16. The van der Waals surface area contributed by atoms with Crippen LogP contribution in [0.15, 0.2) is 83.8 Å². The number of ether oxygens (including phenoxy) is 2. The van der Waals surface area contributed by atoms with Crippen LogP contribution >= 0.6 is 35.0 Å².